The first-order chi connectivity index (χ1) is 9.20. The van der Waals surface area contributed by atoms with Crippen LogP contribution >= 0.6 is 11.3 Å². The van der Waals surface area contributed by atoms with Crippen LogP contribution in [0.4, 0.5) is 0 Å². The molecule has 4 heteroatoms. The first-order valence-corrected chi connectivity index (χ1v) is 7.38. The second-order valence-electron chi connectivity index (χ2n) is 4.45. The molecule has 102 valence electrons. The van der Waals surface area contributed by atoms with E-state index in [2.05, 4.69) is 30.2 Å². The fourth-order valence-corrected chi connectivity index (χ4v) is 2.67. The standard InChI is InChI=1S/C15H20N2OS/c1-4-18-14-8-6-5-7-13(14)10-16-12(3)15-17-9-11(2)19-15/h5-9,12,16H,4,10H2,1-3H3. The van der Waals surface area contributed by atoms with Crippen molar-refractivity contribution in [1.29, 1.82) is 0 Å². The molecule has 0 saturated heterocycles. The predicted octanol–water partition coefficient (Wildman–Crippen LogP) is 3.70. The summed E-state index contributed by atoms with van der Waals surface area (Å²) in [7, 11) is 0. The Morgan fingerprint density at radius 1 is 1.37 bits per heavy atom. The third-order valence-corrected chi connectivity index (χ3v) is 3.98. The summed E-state index contributed by atoms with van der Waals surface area (Å²) in [6, 6.07) is 8.41. The summed E-state index contributed by atoms with van der Waals surface area (Å²) in [4.78, 5) is 5.66. The van der Waals surface area contributed by atoms with Crippen molar-refractivity contribution in [2.75, 3.05) is 6.61 Å². The lowest BCUT2D eigenvalue weighted by atomic mass is 10.2. The van der Waals surface area contributed by atoms with Crippen molar-refractivity contribution in [2.45, 2.75) is 33.4 Å². The zero-order valence-corrected chi connectivity index (χ0v) is 12.5. The number of nitrogens with one attached hydrogen (secondary N) is 1. The second-order valence-corrected chi connectivity index (χ2v) is 5.72. The topological polar surface area (TPSA) is 34.1 Å². The average Bonchev–Trinajstić information content (AvgIpc) is 2.84. The molecule has 0 saturated carbocycles. The molecule has 0 amide bonds. The summed E-state index contributed by atoms with van der Waals surface area (Å²) < 4.78 is 5.63. The zero-order valence-electron chi connectivity index (χ0n) is 11.6. The molecule has 0 spiro atoms. The van der Waals surface area contributed by atoms with Gasteiger partial charge in [0.2, 0.25) is 0 Å². The molecule has 2 aromatic rings. The van der Waals surface area contributed by atoms with Crippen molar-refractivity contribution in [2.24, 2.45) is 0 Å². The third kappa shape index (κ3) is 3.78. The van der Waals surface area contributed by atoms with E-state index in [9.17, 15) is 0 Å². The van der Waals surface area contributed by atoms with Crippen molar-refractivity contribution in [3.63, 3.8) is 0 Å². The van der Waals surface area contributed by atoms with Crippen LogP contribution in [0.2, 0.25) is 0 Å². The van der Waals surface area contributed by atoms with Crippen LogP contribution in [0.15, 0.2) is 30.5 Å². The molecule has 1 aromatic heterocycles. The quantitative estimate of drug-likeness (QED) is 0.873. The maximum absolute atomic E-state index is 5.63. The van der Waals surface area contributed by atoms with E-state index < -0.39 is 0 Å². The van der Waals surface area contributed by atoms with Crippen molar-refractivity contribution < 1.29 is 4.74 Å². The maximum Gasteiger partial charge on any atom is 0.123 e. The van der Waals surface area contributed by atoms with Crippen molar-refractivity contribution in [3.05, 3.63) is 45.9 Å². The molecular formula is C15H20N2OS. The van der Waals surface area contributed by atoms with E-state index in [4.69, 9.17) is 4.74 Å². The first-order valence-electron chi connectivity index (χ1n) is 6.57. The Hall–Kier alpha value is -1.39. The van der Waals surface area contributed by atoms with Gasteiger partial charge in [0.25, 0.3) is 0 Å². The molecule has 1 atom stereocenters. The van der Waals surface area contributed by atoms with Crippen LogP contribution in [0.25, 0.3) is 0 Å². The maximum atomic E-state index is 5.63. The molecular weight excluding hydrogens is 256 g/mol. The van der Waals surface area contributed by atoms with Crippen LogP contribution in [-0.2, 0) is 6.54 Å². The van der Waals surface area contributed by atoms with Crippen LogP contribution in [0.1, 0.15) is 35.3 Å². The van der Waals surface area contributed by atoms with Gasteiger partial charge in [-0.2, -0.15) is 0 Å². The van der Waals surface area contributed by atoms with Gasteiger partial charge in [-0.3, -0.25) is 0 Å². The Balaban J connectivity index is 1.98. The molecule has 0 aliphatic carbocycles. The lowest BCUT2D eigenvalue weighted by Gasteiger charge is -2.14. The van der Waals surface area contributed by atoms with E-state index in [0.717, 1.165) is 17.3 Å². The molecule has 1 heterocycles. The lowest BCUT2D eigenvalue weighted by molar-refractivity contribution is 0.335. The minimum absolute atomic E-state index is 0.258. The summed E-state index contributed by atoms with van der Waals surface area (Å²) in [6.07, 6.45) is 1.92. The van der Waals surface area contributed by atoms with Crippen molar-refractivity contribution in [1.82, 2.24) is 10.3 Å². The Morgan fingerprint density at radius 3 is 2.84 bits per heavy atom. The van der Waals surface area contributed by atoms with Gasteiger partial charge in [0.05, 0.1) is 12.6 Å². The number of para-hydroxylation sites is 1. The van der Waals surface area contributed by atoms with Gasteiger partial charge in [-0.05, 0) is 26.8 Å². The van der Waals surface area contributed by atoms with Crippen LogP contribution in [-0.4, -0.2) is 11.6 Å². The van der Waals surface area contributed by atoms with Gasteiger partial charge in [-0.15, -0.1) is 11.3 Å². The fraction of sp³-hybridized carbons (Fsp3) is 0.400. The number of thiazole rings is 1. The Labute approximate surface area is 118 Å². The summed E-state index contributed by atoms with van der Waals surface area (Å²) in [6.45, 7) is 7.71. The number of hydrogen-bond acceptors (Lipinski definition) is 4. The highest BCUT2D eigenvalue weighted by molar-refractivity contribution is 7.11. The Kier molecular flexibility index (Phi) is 4.93. The van der Waals surface area contributed by atoms with Crippen LogP contribution in [0.3, 0.4) is 0 Å². The molecule has 0 fully saturated rings. The predicted molar refractivity (Wildman–Crippen MR) is 79.7 cm³/mol. The molecule has 1 unspecified atom stereocenters. The molecule has 1 N–H and O–H groups in total. The summed E-state index contributed by atoms with van der Waals surface area (Å²) in [5.74, 6) is 0.958. The number of aromatic nitrogens is 1. The largest absolute Gasteiger partial charge is 0.494 e. The molecule has 1 aromatic carbocycles. The van der Waals surface area contributed by atoms with Gasteiger partial charge in [0.1, 0.15) is 10.8 Å². The highest BCUT2D eigenvalue weighted by Crippen LogP contribution is 2.22. The van der Waals surface area contributed by atoms with Gasteiger partial charge < -0.3 is 10.1 Å². The van der Waals surface area contributed by atoms with Crippen LogP contribution in [0, 0.1) is 6.92 Å². The fourth-order valence-electron chi connectivity index (χ4n) is 1.87. The van der Waals surface area contributed by atoms with Crippen LogP contribution < -0.4 is 10.1 Å². The number of ether oxygens (including phenoxy) is 1. The lowest BCUT2D eigenvalue weighted by Crippen LogP contribution is -2.18. The van der Waals surface area contributed by atoms with E-state index in [1.54, 1.807) is 11.3 Å². The zero-order chi connectivity index (χ0) is 13.7. The molecule has 0 aliphatic heterocycles. The second kappa shape index (κ2) is 6.68. The van der Waals surface area contributed by atoms with Gasteiger partial charge in [0.15, 0.2) is 0 Å². The highest BCUT2D eigenvalue weighted by Gasteiger charge is 2.10. The normalized spacial score (nSPS) is 12.4. The van der Waals surface area contributed by atoms with Crippen molar-refractivity contribution in [3.8, 4) is 5.75 Å². The number of nitrogens with zero attached hydrogens (tertiary/aromatic N) is 1. The van der Waals surface area contributed by atoms with Gasteiger partial charge >= 0.3 is 0 Å². The summed E-state index contributed by atoms with van der Waals surface area (Å²) >= 11 is 1.74. The number of rotatable bonds is 6. The molecule has 3 nitrogen and oxygen atoms in total. The first kappa shape index (κ1) is 14.0. The minimum Gasteiger partial charge on any atom is -0.494 e. The van der Waals surface area contributed by atoms with E-state index in [1.807, 2.05) is 31.3 Å². The molecule has 0 bridgehead atoms. The van der Waals surface area contributed by atoms with Gasteiger partial charge in [-0.25, -0.2) is 4.98 Å². The van der Waals surface area contributed by atoms with E-state index >= 15 is 0 Å². The molecule has 19 heavy (non-hydrogen) atoms. The van der Waals surface area contributed by atoms with Crippen molar-refractivity contribution >= 4 is 11.3 Å². The highest BCUT2D eigenvalue weighted by atomic mass is 32.1. The van der Waals surface area contributed by atoms with Gasteiger partial charge in [-0.1, -0.05) is 18.2 Å². The Bertz CT molecular complexity index is 524. The molecule has 0 aliphatic rings. The molecule has 0 radical (unpaired) electrons. The van der Waals surface area contributed by atoms with Gasteiger partial charge in [0, 0.05) is 23.2 Å². The smallest absolute Gasteiger partial charge is 0.123 e. The third-order valence-electron chi connectivity index (χ3n) is 2.88. The summed E-state index contributed by atoms with van der Waals surface area (Å²) in [5, 5.41) is 4.63. The van der Waals surface area contributed by atoms with E-state index in [-0.39, 0.29) is 6.04 Å². The van der Waals surface area contributed by atoms with Crippen LogP contribution in [0.5, 0.6) is 5.75 Å². The summed E-state index contributed by atoms with van der Waals surface area (Å²) in [5.41, 5.74) is 1.18. The molecule has 2 rings (SSSR count). The SMILES string of the molecule is CCOc1ccccc1CNC(C)c1ncc(C)s1. The Morgan fingerprint density at radius 2 is 2.16 bits per heavy atom. The number of benzene rings is 1. The van der Waals surface area contributed by atoms with E-state index in [0.29, 0.717) is 6.61 Å². The minimum atomic E-state index is 0.258. The van der Waals surface area contributed by atoms with E-state index in [1.165, 1.54) is 10.4 Å². The average molecular weight is 276 g/mol. The number of aryl methyl sites for hydroxylation is 1. The number of hydrogen-bond donors (Lipinski definition) is 1. The monoisotopic (exact) mass is 276 g/mol.